The number of rotatable bonds is 2. The Morgan fingerprint density at radius 2 is 1.44 bits per heavy atom. The second-order valence-corrected chi connectivity index (χ2v) is 7.90. The van der Waals surface area contributed by atoms with E-state index < -0.39 is 8.32 Å². The summed E-state index contributed by atoms with van der Waals surface area (Å²) in [6, 6.07) is 0. The summed E-state index contributed by atoms with van der Waals surface area (Å²) in [6.45, 7) is 10.5. The average molecular weight is 146 g/mol. The Morgan fingerprint density at radius 3 is 1.44 bits per heavy atom. The zero-order valence-electron chi connectivity index (χ0n) is 7.10. The van der Waals surface area contributed by atoms with Crippen LogP contribution in [-0.2, 0) is 0 Å². The van der Waals surface area contributed by atoms with Crippen LogP contribution in [0.4, 0.5) is 0 Å². The second kappa shape index (κ2) is 2.84. The zero-order chi connectivity index (χ0) is 7.65. The van der Waals surface area contributed by atoms with Crippen molar-refractivity contribution in [2.75, 3.05) is 0 Å². The molecule has 0 aromatic carbocycles. The van der Waals surface area contributed by atoms with Crippen LogP contribution >= 0.6 is 0 Å². The maximum atomic E-state index is 9.60. The first kappa shape index (κ1) is 9.18. The summed E-state index contributed by atoms with van der Waals surface area (Å²) < 4.78 is 0. The van der Waals surface area contributed by atoms with Gasteiger partial charge in [-0.05, 0) is 24.6 Å². The normalized spacial score (nSPS) is 16.3. The standard InChI is InChI=1S/C7H18OSi/c1-6(2)7(3)9(4,5)8/h6-8H,1-5H3. The third kappa shape index (κ3) is 3.01. The lowest BCUT2D eigenvalue weighted by molar-refractivity contribution is 0.481. The number of hydrogen-bond acceptors (Lipinski definition) is 1. The molecule has 2 heteroatoms. The van der Waals surface area contributed by atoms with Gasteiger partial charge >= 0.3 is 0 Å². The highest BCUT2D eigenvalue weighted by atomic mass is 28.4. The lowest BCUT2D eigenvalue weighted by atomic mass is 10.1. The highest BCUT2D eigenvalue weighted by molar-refractivity contribution is 6.71. The molecule has 0 rings (SSSR count). The van der Waals surface area contributed by atoms with Crippen molar-refractivity contribution in [3.05, 3.63) is 0 Å². The van der Waals surface area contributed by atoms with Crippen molar-refractivity contribution in [1.29, 1.82) is 0 Å². The minimum absolute atomic E-state index is 0.512. The summed E-state index contributed by atoms with van der Waals surface area (Å²) in [5, 5.41) is 0. The molecule has 0 heterocycles. The zero-order valence-corrected chi connectivity index (χ0v) is 8.10. The molecular weight excluding hydrogens is 128 g/mol. The fourth-order valence-electron chi connectivity index (χ4n) is 0.816. The molecule has 0 bridgehead atoms. The lowest BCUT2D eigenvalue weighted by Crippen LogP contribution is -2.33. The van der Waals surface area contributed by atoms with Crippen LogP contribution in [0.25, 0.3) is 0 Å². The van der Waals surface area contributed by atoms with Crippen LogP contribution in [0.15, 0.2) is 0 Å². The fourth-order valence-corrected chi connectivity index (χ4v) is 2.45. The van der Waals surface area contributed by atoms with Crippen LogP contribution in [0.2, 0.25) is 18.6 Å². The van der Waals surface area contributed by atoms with Crippen molar-refractivity contribution in [1.82, 2.24) is 0 Å². The van der Waals surface area contributed by atoms with E-state index in [4.69, 9.17) is 0 Å². The molecule has 0 aliphatic heterocycles. The van der Waals surface area contributed by atoms with Gasteiger partial charge < -0.3 is 4.80 Å². The van der Waals surface area contributed by atoms with Crippen LogP contribution < -0.4 is 0 Å². The molecule has 56 valence electrons. The Hall–Kier alpha value is 0.177. The second-order valence-electron chi connectivity index (χ2n) is 3.69. The topological polar surface area (TPSA) is 20.2 Å². The molecule has 1 unspecified atom stereocenters. The van der Waals surface area contributed by atoms with Gasteiger partial charge in [0, 0.05) is 0 Å². The molecule has 0 aromatic heterocycles. The van der Waals surface area contributed by atoms with Crippen molar-refractivity contribution in [2.45, 2.75) is 39.4 Å². The first-order valence-corrected chi connectivity index (χ1v) is 6.60. The molecule has 0 saturated carbocycles. The van der Waals surface area contributed by atoms with Gasteiger partial charge in [0.2, 0.25) is 0 Å². The molecule has 0 aliphatic carbocycles. The molecule has 0 aliphatic rings. The van der Waals surface area contributed by atoms with Crippen molar-refractivity contribution in [2.24, 2.45) is 5.92 Å². The molecule has 1 nitrogen and oxygen atoms in total. The molecule has 0 fully saturated rings. The van der Waals surface area contributed by atoms with E-state index in [1.807, 2.05) is 13.1 Å². The van der Waals surface area contributed by atoms with Crippen LogP contribution in [0.5, 0.6) is 0 Å². The highest BCUT2D eigenvalue weighted by Crippen LogP contribution is 2.26. The summed E-state index contributed by atoms with van der Waals surface area (Å²) >= 11 is 0. The van der Waals surface area contributed by atoms with E-state index in [1.165, 1.54) is 0 Å². The van der Waals surface area contributed by atoms with E-state index in [1.54, 1.807) is 0 Å². The quantitative estimate of drug-likeness (QED) is 0.592. The molecule has 9 heavy (non-hydrogen) atoms. The summed E-state index contributed by atoms with van der Waals surface area (Å²) in [5.41, 5.74) is 0.512. The minimum atomic E-state index is -1.82. The SMILES string of the molecule is CC(C)C(C)[Si](C)(C)O. The average Bonchev–Trinajstić information content (AvgIpc) is 1.62. The van der Waals surface area contributed by atoms with Gasteiger partial charge in [0.25, 0.3) is 0 Å². The van der Waals surface area contributed by atoms with Gasteiger partial charge in [-0.3, -0.25) is 0 Å². The smallest absolute Gasteiger partial charge is 0.185 e. The predicted octanol–water partition coefficient (Wildman–Crippen LogP) is 2.23. The van der Waals surface area contributed by atoms with E-state index in [0.717, 1.165) is 0 Å². The van der Waals surface area contributed by atoms with Gasteiger partial charge in [0.15, 0.2) is 8.32 Å². The van der Waals surface area contributed by atoms with Gasteiger partial charge in [-0.1, -0.05) is 20.8 Å². The third-order valence-corrected chi connectivity index (χ3v) is 5.01. The van der Waals surface area contributed by atoms with E-state index in [-0.39, 0.29) is 0 Å². The van der Waals surface area contributed by atoms with E-state index in [9.17, 15) is 4.80 Å². The van der Waals surface area contributed by atoms with Crippen molar-refractivity contribution in [3.8, 4) is 0 Å². The number of hydrogen-bond donors (Lipinski definition) is 1. The molecule has 0 spiro atoms. The van der Waals surface area contributed by atoms with Crippen LogP contribution in [-0.4, -0.2) is 13.1 Å². The highest BCUT2D eigenvalue weighted by Gasteiger charge is 2.27. The third-order valence-electron chi connectivity index (χ3n) is 2.11. The largest absolute Gasteiger partial charge is 0.432 e. The van der Waals surface area contributed by atoms with E-state index in [2.05, 4.69) is 20.8 Å². The molecule has 0 radical (unpaired) electrons. The van der Waals surface area contributed by atoms with Gasteiger partial charge in [0.1, 0.15) is 0 Å². The Morgan fingerprint density at radius 1 is 1.11 bits per heavy atom. The lowest BCUT2D eigenvalue weighted by Gasteiger charge is -2.26. The fraction of sp³-hybridized carbons (Fsp3) is 1.00. The molecular formula is C7H18OSi. The monoisotopic (exact) mass is 146 g/mol. The van der Waals surface area contributed by atoms with Crippen LogP contribution in [0.3, 0.4) is 0 Å². The Labute approximate surface area is 59.2 Å². The van der Waals surface area contributed by atoms with Gasteiger partial charge in [-0.15, -0.1) is 0 Å². The predicted molar refractivity (Wildman–Crippen MR) is 44.0 cm³/mol. The van der Waals surface area contributed by atoms with Gasteiger partial charge in [-0.2, -0.15) is 0 Å². The molecule has 1 N–H and O–H groups in total. The maximum Gasteiger partial charge on any atom is 0.185 e. The first-order valence-electron chi connectivity index (χ1n) is 3.58. The van der Waals surface area contributed by atoms with Crippen molar-refractivity contribution >= 4 is 8.32 Å². The Balaban J connectivity index is 3.88. The molecule has 0 saturated heterocycles. The maximum absolute atomic E-state index is 9.60. The van der Waals surface area contributed by atoms with Gasteiger partial charge in [-0.25, -0.2) is 0 Å². The van der Waals surface area contributed by atoms with Crippen LogP contribution in [0, 0.1) is 5.92 Å². The summed E-state index contributed by atoms with van der Waals surface area (Å²) in [5.74, 6) is 0.622. The Kier molecular flexibility index (Phi) is 2.90. The summed E-state index contributed by atoms with van der Waals surface area (Å²) in [4.78, 5) is 9.60. The molecule has 0 aromatic rings. The summed E-state index contributed by atoms with van der Waals surface area (Å²) in [6.07, 6.45) is 0. The van der Waals surface area contributed by atoms with Crippen molar-refractivity contribution in [3.63, 3.8) is 0 Å². The minimum Gasteiger partial charge on any atom is -0.432 e. The Bertz CT molecular complexity index is 83.4. The molecule has 0 amide bonds. The van der Waals surface area contributed by atoms with E-state index in [0.29, 0.717) is 11.5 Å². The van der Waals surface area contributed by atoms with Crippen LogP contribution in [0.1, 0.15) is 20.8 Å². The van der Waals surface area contributed by atoms with E-state index >= 15 is 0 Å². The summed E-state index contributed by atoms with van der Waals surface area (Å²) in [7, 11) is -1.82. The molecule has 1 atom stereocenters. The van der Waals surface area contributed by atoms with Gasteiger partial charge in [0.05, 0.1) is 0 Å². The first-order chi connectivity index (χ1) is 3.85. The van der Waals surface area contributed by atoms with Crippen molar-refractivity contribution < 1.29 is 4.80 Å².